The molecule has 0 radical (unpaired) electrons. The Balaban J connectivity index is 2.62. The fourth-order valence-electron chi connectivity index (χ4n) is 1.46. The minimum Gasteiger partial charge on any atom is -0.329 e. The molecular weight excluding hydrogens is 224 g/mol. The number of benzene rings is 1. The van der Waals surface area contributed by atoms with E-state index in [1.807, 2.05) is 0 Å². The number of carbonyl (C=O) groups is 1. The summed E-state index contributed by atoms with van der Waals surface area (Å²) in [5.41, 5.74) is 0.365. The molecule has 0 aliphatic heterocycles. The normalized spacial score (nSPS) is 10.5. The second-order valence-electron chi connectivity index (χ2n) is 3.73. The molecule has 0 aliphatic rings. The summed E-state index contributed by atoms with van der Waals surface area (Å²) in [7, 11) is 3.18. The molecule has 0 fully saturated rings. The summed E-state index contributed by atoms with van der Waals surface area (Å²) in [4.78, 5) is 23.3. The Morgan fingerprint density at radius 2 is 2.18 bits per heavy atom. The Kier molecular flexibility index (Phi) is 2.51. The Labute approximate surface area is 96.4 Å². The van der Waals surface area contributed by atoms with E-state index in [4.69, 9.17) is 0 Å². The average molecular weight is 234 g/mol. The predicted molar refractivity (Wildman–Crippen MR) is 60.9 cm³/mol. The smallest absolute Gasteiger partial charge is 0.329 e. The molecule has 2 rings (SSSR count). The van der Waals surface area contributed by atoms with Crippen molar-refractivity contribution in [3.8, 4) is 0 Å². The van der Waals surface area contributed by atoms with Crippen LogP contribution < -0.4 is 0 Å². The third-order valence-electron chi connectivity index (χ3n) is 2.33. The molecule has 7 nitrogen and oxygen atoms in total. The monoisotopic (exact) mass is 234 g/mol. The maximum absolute atomic E-state index is 11.8. The molecule has 17 heavy (non-hydrogen) atoms. The molecular formula is C10H10N4O3. The molecule has 0 bridgehead atoms. The summed E-state index contributed by atoms with van der Waals surface area (Å²) in [6, 6.07) is 3.94. The van der Waals surface area contributed by atoms with Gasteiger partial charge in [-0.25, -0.2) is 4.79 Å². The van der Waals surface area contributed by atoms with Gasteiger partial charge in [0.15, 0.2) is 0 Å². The highest BCUT2D eigenvalue weighted by Crippen LogP contribution is 2.20. The van der Waals surface area contributed by atoms with Gasteiger partial charge in [-0.1, -0.05) is 0 Å². The quantitative estimate of drug-likeness (QED) is 0.552. The third-order valence-corrected chi connectivity index (χ3v) is 2.33. The van der Waals surface area contributed by atoms with Gasteiger partial charge in [0.25, 0.3) is 5.69 Å². The summed E-state index contributed by atoms with van der Waals surface area (Å²) in [6.45, 7) is 0. The van der Waals surface area contributed by atoms with Gasteiger partial charge in [0, 0.05) is 31.6 Å². The van der Waals surface area contributed by atoms with Gasteiger partial charge in [-0.3, -0.25) is 10.1 Å². The number of rotatable bonds is 1. The summed E-state index contributed by atoms with van der Waals surface area (Å²) in [5, 5.41) is 15.3. The lowest BCUT2D eigenvalue weighted by Crippen LogP contribution is -2.27. The highest BCUT2D eigenvalue weighted by atomic mass is 16.6. The molecule has 1 heterocycles. The van der Waals surface area contributed by atoms with Crippen LogP contribution in [-0.4, -0.2) is 39.7 Å². The van der Waals surface area contributed by atoms with E-state index >= 15 is 0 Å². The maximum Gasteiger partial charge on any atom is 0.344 e. The van der Waals surface area contributed by atoms with Crippen LogP contribution in [0.25, 0.3) is 10.9 Å². The van der Waals surface area contributed by atoms with Crippen LogP contribution in [0.3, 0.4) is 0 Å². The zero-order valence-corrected chi connectivity index (χ0v) is 9.32. The van der Waals surface area contributed by atoms with Crippen LogP contribution in [0, 0.1) is 10.1 Å². The molecule has 0 aliphatic carbocycles. The van der Waals surface area contributed by atoms with E-state index in [0.717, 1.165) is 4.68 Å². The van der Waals surface area contributed by atoms with Gasteiger partial charge >= 0.3 is 6.03 Å². The second-order valence-corrected chi connectivity index (χ2v) is 3.73. The number of nitro benzene ring substituents is 1. The van der Waals surface area contributed by atoms with Crippen molar-refractivity contribution in [3.05, 3.63) is 34.5 Å². The van der Waals surface area contributed by atoms with Crippen LogP contribution >= 0.6 is 0 Å². The van der Waals surface area contributed by atoms with E-state index in [2.05, 4.69) is 5.10 Å². The number of hydrogen-bond donors (Lipinski definition) is 0. The zero-order chi connectivity index (χ0) is 12.6. The highest BCUT2D eigenvalue weighted by molar-refractivity contribution is 5.90. The third kappa shape index (κ3) is 1.82. The topological polar surface area (TPSA) is 81.3 Å². The Morgan fingerprint density at radius 3 is 2.76 bits per heavy atom. The van der Waals surface area contributed by atoms with Crippen LogP contribution in [0.2, 0.25) is 0 Å². The minimum atomic E-state index is -0.503. The van der Waals surface area contributed by atoms with Crippen molar-refractivity contribution < 1.29 is 9.72 Å². The SMILES string of the molecule is CN(C)C(=O)n1ncc2ccc([N+](=O)[O-])cc21. The van der Waals surface area contributed by atoms with Crippen molar-refractivity contribution in [3.63, 3.8) is 0 Å². The van der Waals surface area contributed by atoms with Gasteiger partial charge in [0.2, 0.25) is 0 Å². The first-order valence-electron chi connectivity index (χ1n) is 4.84. The number of amides is 1. The molecule has 2 aromatic rings. The molecule has 0 saturated heterocycles. The first kappa shape index (κ1) is 11.1. The van der Waals surface area contributed by atoms with E-state index in [1.54, 1.807) is 20.2 Å². The van der Waals surface area contributed by atoms with Crippen LogP contribution in [0.1, 0.15) is 0 Å². The minimum absolute atomic E-state index is 0.0641. The standard InChI is InChI=1S/C10H10N4O3/c1-12(2)10(15)13-9-5-8(14(16)17)4-3-7(9)6-11-13/h3-6H,1-2H3. The van der Waals surface area contributed by atoms with E-state index in [1.165, 1.54) is 23.2 Å². The fraction of sp³-hybridized carbons (Fsp3) is 0.200. The molecule has 7 heteroatoms. The van der Waals surface area contributed by atoms with Gasteiger partial charge in [-0.05, 0) is 6.07 Å². The first-order chi connectivity index (χ1) is 8.00. The zero-order valence-electron chi connectivity index (χ0n) is 9.32. The first-order valence-corrected chi connectivity index (χ1v) is 4.84. The van der Waals surface area contributed by atoms with E-state index in [0.29, 0.717) is 10.9 Å². The van der Waals surface area contributed by atoms with Crippen LogP contribution in [-0.2, 0) is 0 Å². The summed E-state index contributed by atoms with van der Waals surface area (Å²) in [5.74, 6) is 0. The molecule has 0 N–H and O–H groups in total. The van der Waals surface area contributed by atoms with Crippen molar-refractivity contribution in [2.24, 2.45) is 0 Å². The second kappa shape index (κ2) is 3.85. The lowest BCUT2D eigenvalue weighted by atomic mass is 10.2. The number of carbonyl (C=O) groups excluding carboxylic acids is 1. The summed E-state index contributed by atoms with van der Waals surface area (Å²) in [6.07, 6.45) is 1.50. The van der Waals surface area contributed by atoms with Gasteiger partial charge in [-0.2, -0.15) is 9.78 Å². The van der Waals surface area contributed by atoms with E-state index in [9.17, 15) is 14.9 Å². The molecule has 0 unspecified atom stereocenters. The molecule has 0 atom stereocenters. The molecule has 88 valence electrons. The van der Waals surface area contributed by atoms with Crippen molar-refractivity contribution in [2.75, 3.05) is 14.1 Å². The summed E-state index contributed by atoms with van der Waals surface area (Å²) < 4.78 is 1.14. The van der Waals surface area contributed by atoms with Crippen molar-refractivity contribution >= 4 is 22.6 Å². The van der Waals surface area contributed by atoms with Crippen molar-refractivity contribution in [1.82, 2.24) is 14.7 Å². The fourth-order valence-corrected chi connectivity index (χ4v) is 1.46. The highest BCUT2D eigenvalue weighted by Gasteiger charge is 2.15. The number of hydrogen-bond acceptors (Lipinski definition) is 4. The largest absolute Gasteiger partial charge is 0.344 e. The molecule has 1 amide bonds. The van der Waals surface area contributed by atoms with Crippen molar-refractivity contribution in [2.45, 2.75) is 0 Å². The maximum atomic E-state index is 11.8. The summed E-state index contributed by atoms with van der Waals surface area (Å²) >= 11 is 0. The van der Waals surface area contributed by atoms with Crippen LogP contribution in [0.4, 0.5) is 10.5 Å². The Morgan fingerprint density at radius 1 is 1.47 bits per heavy atom. The number of nitro groups is 1. The van der Waals surface area contributed by atoms with Crippen molar-refractivity contribution in [1.29, 1.82) is 0 Å². The van der Waals surface area contributed by atoms with Gasteiger partial charge < -0.3 is 4.90 Å². The lowest BCUT2D eigenvalue weighted by molar-refractivity contribution is -0.384. The predicted octanol–water partition coefficient (Wildman–Crippen LogP) is 1.47. The van der Waals surface area contributed by atoms with E-state index in [-0.39, 0.29) is 11.7 Å². The molecule has 1 aromatic carbocycles. The Bertz CT molecular complexity index is 603. The van der Waals surface area contributed by atoms with Gasteiger partial charge in [-0.15, -0.1) is 0 Å². The van der Waals surface area contributed by atoms with E-state index < -0.39 is 4.92 Å². The van der Waals surface area contributed by atoms with Gasteiger partial charge in [0.1, 0.15) is 0 Å². The number of non-ortho nitro benzene ring substituents is 1. The number of aromatic nitrogens is 2. The average Bonchev–Trinajstić information content (AvgIpc) is 2.70. The number of fused-ring (bicyclic) bond motifs is 1. The lowest BCUT2D eigenvalue weighted by Gasteiger charge is -2.09. The molecule has 0 spiro atoms. The van der Waals surface area contributed by atoms with Crippen LogP contribution in [0.5, 0.6) is 0 Å². The Hall–Kier alpha value is -2.44. The molecule has 1 aromatic heterocycles. The van der Waals surface area contributed by atoms with Gasteiger partial charge in [0.05, 0.1) is 16.6 Å². The number of nitrogens with zero attached hydrogens (tertiary/aromatic N) is 4. The van der Waals surface area contributed by atoms with Crippen LogP contribution in [0.15, 0.2) is 24.4 Å². The molecule has 0 saturated carbocycles.